The lowest BCUT2D eigenvalue weighted by molar-refractivity contribution is -0.134. The molecule has 0 aliphatic carbocycles. The molecule has 2 aliphatic heterocycles. The van der Waals surface area contributed by atoms with Crippen LogP contribution < -0.4 is 5.32 Å². The van der Waals surface area contributed by atoms with Crippen LogP contribution in [0.15, 0.2) is 0 Å². The third-order valence-corrected chi connectivity index (χ3v) is 3.46. The molecule has 1 N–H and O–H groups in total. The number of carbonyl (C=O) groups excluding carboxylic acids is 1. The highest BCUT2D eigenvalue weighted by Gasteiger charge is 2.40. The zero-order valence-electron chi connectivity index (χ0n) is 10.0. The first-order chi connectivity index (χ1) is 7.48. The molecule has 2 atom stereocenters. The zero-order valence-corrected chi connectivity index (χ0v) is 10.0. The minimum Gasteiger partial charge on any atom is -0.339 e. The Labute approximate surface area is 95.8 Å². The number of nitrogens with zero attached hydrogens (tertiary/aromatic N) is 2. The summed E-state index contributed by atoms with van der Waals surface area (Å²) in [4.78, 5) is 16.1. The normalized spacial score (nSPS) is 36.7. The molecule has 0 aromatic rings. The van der Waals surface area contributed by atoms with E-state index in [1.165, 1.54) is 0 Å². The molecule has 0 radical (unpaired) electrons. The van der Waals surface area contributed by atoms with Crippen LogP contribution in [-0.2, 0) is 4.79 Å². The highest BCUT2D eigenvalue weighted by molar-refractivity contribution is 5.82. The van der Waals surface area contributed by atoms with Gasteiger partial charge in [-0.1, -0.05) is 0 Å². The summed E-state index contributed by atoms with van der Waals surface area (Å²) in [5, 5.41) is 2.98. The van der Waals surface area contributed by atoms with Gasteiger partial charge in [0.25, 0.3) is 0 Å². The zero-order chi connectivity index (χ0) is 11.8. The van der Waals surface area contributed by atoms with E-state index >= 15 is 0 Å². The molecule has 2 saturated heterocycles. The van der Waals surface area contributed by atoms with Gasteiger partial charge >= 0.3 is 0 Å². The van der Waals surface area contributed by atoms with Gasteiger partial charge in [-0.05, 0) is 14.0 Å². The van der Waals surface area contributed by atoms with E-state index in [2.05, 4.69) is 10.2 Å². The number of halogens is 1. The molecule has 0 aromatic carbocycles. The fraction of sp³-hybridized carbons (Fsp3) is 0.909. The van der Waals surface area contributed by atoms with Crippen LogP contribution in [0, 0.1) is 0 Å². The molecule has 2 fully saturated rings. The van der Waals surface area contributed by atoms with Crippen LogP contribution in [0.1, 0.15) is 13.3 Å². The summed E-state index contributed by atoms with van der Waals surface area (Å²) < 4.78 is 13.6. The molecular weight excluding hydrogens is 209 g/mol. The first-order valence-corrected chi connectivity index (χ1v) is 5.88. The van der Waals surface area contributed by atoms with Crippen LogP contribution in [0.25, 0.3) is 0 Å². The van der Waals surface area contributed by atoms with E-state index < -0.39 is 5.67 Å². The summed E-state index contributed by atoms with van der Waals surface area (Å²) in [5.41, 5.74) is -1.23. The molecule has 2 heterocycles. The Morgan fingerprint density at radius 3 is 2.50 bits per heavy atom. The second kappa shape index (κ2) is 4.30. The third kappa shape index (κ3) is 2.52. The summed E-state index contributed by atoms with van der Waals surface area (Å²) in [6.45, 7) is 5.18. The molecule has 92 valence electrons. The number of nitrogens with one attached hydrogen (secondary N) is 1. The number of alkyl halides is 1. The summed E-state index contributed by atoms with van der Waals surface area (Å²) in [5.74, 6) is 0.0643. The maximum absolute atomic E-state index is 13.6. The second-order valence-electron chi connectivity index (χ2n) is 5.18. The number of likely N-dealkylation sites (N-methyl/N-ethyl adjacent to an activating group) is 1. The fourth-order valence-corrected chi connectivity index (χ4v) is 2.33. The van der Waals surface area contributed by atoms with Gasteiger partial charge in [-0.2, -0.15) is 0 Å². The summed E-state index contributed by atoms with van der Waals surface area (Å²) >= 11 is 0. The van der Waals surface area contributed by atoms with Crippen LogP contribution in [0.2, 0.25) is 0 Å². The molecule has 0 spiro atoms. The van der Waals surface area contributed by atoms with Crippen molar-refractivity contribution in [3.8, 4) is 0 Å². The number of hydrogen-bond acceptors (Lipinski definition) is 3. The van der Waals surface area contributed by atoms with Gasteiger partial charge in [-0.3, -0.25) is 4.79 Å². The Morgan fingerprint density at radius 1 is 1.38 bits per heavy atom. The minimum atomic E-state index is -1.23. The largest absolute Gasteiger partial charge is 0.339 e. The topological polar surface area (TPSA) is 35.6 Å². The van der Waals surface area contributed by atoms with Crippen LogP contribution in [-0.4, -0.2) is 67.2 Å². The average molecular weight is 229 g/mol. The first-order valence-electron chi connectivity index (χ1n) is 5.88. The first kappa shape index (κ1) is 11.8. The van der Waals surface area contributed by atoms with Crippen LogP contribution in [0.3, 0.4) is 0 Å². The Hall–Kier alpha value is -0.680. The van der Waals surface area contributed by atoms with E-state index in [9.17, 15) is 9.18 Å². The Morgan fingerprint density at radius 2 is 2.00 bits per heavy atom. The molecule has 1 amide bonds. The molecule has 0 saturated carbocycles. The van der Waals surface area contributed by atoms with Crippen molar-refractivity contribution in [3.05, 3.63) is 0 Å². The van der Waals surface area contributed by atoms with Gasteiger partial charge in [-0.25, -0.2) is 4.39 Å². The molecule has 0 aromatic heterocycles. The minimum absolute atomic E-state index is 0.0643. The molecule has 16 heavy (non-hydrogen) atoms. The van der Waals surface area contributed by atoms with E-state index in [1.807, 2.05) is 11.9 Å². The Bertz CT molecular complexity index is 274. The lowest BCUT2D eigenvalue weighted by atomic mass is 10.0. The lowest BCUT2D eigenvalue weighted by Gasteiger charge is -2.34. The van der Waals surface area contributed by atoms with Gasteiger partial charge < -0.3 is 15.1 Å². The highest BCUT2D eigenvalue weighted by atomic mass is 19.1. The van der Waals surface area contributed by atoms with Crippen molar-refractivity contribution in [3.63, 3.8) is 0 Å². The maximum atomic E-state index is 13.6. The van der Waals surface area contributed by atoms with Gasteiger partial charge in [0.05, 0.1) is 6.04 Å². The SMILES string of the molecule is CN1CCN(C(=O)[C@H]2CC(C)(F)CN2)CC1. The summed E-state index contributed by atoms with van der Waals surface area (Å²) in [6.07, 6.45) is 0.304. The van der Waals surface area contributed by atoms with Crippen molar-refractivity contribution >= 4 is 5.91 Å². The van der Waals surface area contributed by atoms with Gasteiger partial charge in [0, 0.05) is 39.1 Å². The summed E-state index contributed by atoms with van der Waals surface area (Å²) in [7, 11) is 2.05. The lowest BCUT2D eigenvalue weighted by Crippen LogP contribution is -2.52. The van der Waals surface area contributed by atoms with Crippen molar-refractivity contribution in [1.29, 1.82) is 0 Å². The monoisotopic (exact) mass is 229 g/mol. The number of hydrogen-bond donors (Lipinski definition) is 1. The van der Waals surface area contributed by atoms with Gasteiger partial charge in [0.15, 0.2) is 0 Å². The summed E-state index contributed by atoms with van der Waals surface area (Å²) in [6, 6.07) is -0.321. The second-order valence-corrected chi connectivity index (χ2v) is 5.18. The van der Waals surface area contributed by atoms with Crippen molar-refractivity contribution < 1.29 is 9.18 Å². The number of rotatable bonds is 1. The molecular formula is C11H20FN3O. The standard InChI is InChI=1S/C11H20FN3O/c1-11(12)7-9(13-8-11)10(16)15-5-3-14(2)4-6-15/h9,13H,3-8H2,1-2H3/t9-,11?/m1/s1. The van der Waals surface area contributed by atoms with E-state index in [4.69, 9.17) is 0 Å². The molecule has 2 rings (SSSR count). The van der Waals surface area contributed by atoms with Gasteiger partial charge in [0.1, 0.15) is 5.67 Å². The van der Waals surface area contributed by atoms with E-state index in [0.717, 1.165) is 26.2 Å². The Kier molecular flexibility index (Phi) is 3.17. The Balaban J connectivity index is 1.89. The number of piperazine rings is 1. The van der Waals surface area contributed by atoms with Crippen LogP contribution in [0.4, 0.5) is 4.39 Å². The number of carbonyl (C=O) groups is 1. The van der Waals surface area contributed by atoms with Gasteiger partial charge in [0.2, 0.25) is 5.91 Å². The van der Waals surface area contributed by atoms with E-state index in [-0.39, 0.29) is 18.5 Å². The van der Waals surface area contributed by atoms with Crippen molar-refractivity contribution in [2.45, 2.75) is 25.1 Å². The third-order valence-electron chi connectivity index (χ3n) is 3.46. The quantitative estimate of drug-likeness (QED) is 0.679. The van der Waals surface area contributed by atoms with Crippen LogP contribution in [0.5, 0.6) is 0 Å². The van der Waals surface area contributed by atoms with E-state index in [1.54, 1.807) is 6.92 Å². The highest BCUT2D eigenvalue weighted by Crippen LogP contribution is 2.24. The number of amides is 1. The molecule has 4 nitrogen and oxygen atoms in total. The predicted molar refractivity (Wildman–Crippen MR) is 60.0 cm³/mol. The predicted octanol–water partition coefficient (Wildman–Crippen LogP) is -0.149. The molecule has 1 unspecified atom stereocenters. The van der Waals surface area contributed by atoms with Crippen molar-refractivity contribution in [2.75, 3.05) is 39.8 Å². The van der Waals surface area contributed by atoms with Crippen molar-refractivity contribution in [1.82, 2.24) is 15.1 Å². The maximum Gasteiger partial charge on any atom is 0.239 e. The van der Waals surface area contributed by atoms with Crippen molar-refractivity contribution in [2.24, 2.45) is 0 Å². The molecule has 2 aliphatic rings. The van der Waals surface area contributed by atoms with E-state index in [0.29, 0.717) is 6.42 Å². The molecule has 5 heteroatoms. The fourth-order valence-electron chi connectivity index (χ4n) is 2.33. The molecule has 0 bridgehead atoms. The smallest absolute Gasteiger partial charge is 0.239 e. The van der Waals surface area contributed by atoms with Gasteiger partial charge in [-0.15, -0.1) is 0 Å². The average Bonchev–Trinajstić information content (AvgIpc) is 2.59. The van der Waals surface area contributed by atoms with Crippen LogP contribution >= 0.6 is 0 Å².